The minimum absolute atomic E-state index is 0.260. The standard InChI is InChI=1S/C11H16N2O/c1-9-4-3-5-10(8-9)13(2)7-6-11(12)14/h3-5,8H,6-7H2,1-2H3,(H2,12,14). The van der Waals surface area contributed by atoms with Gasteiger partial charge in [-0.15, -0.1) is 0 Å². The van der Waals surface area contributed by atoms with Crippen LogP contribution in [-0.4, -0.2) is 19.5 Å². The molecule has 0 aromatic heterocycles. The van der Waals surface area contributed by atoms with Crippen LogP contribution in [0.4, 0.5) is 5.69 Å². The Kier molecular flexibility index (Phi) is 3.51. The molecule has 0 aliphatic rings. The average molecular weight is 192 g/mol. The van der Waals surface area contributed by atoms with Crippen LogP contribution < -0.4 is 10.6 Å². The SMILES string of the molecule is Cc1cccc(N(C)CCC(N)=O)c1. The van der Waals surface area contributed by atoms with Gasteiger partial charge in [-0.05, 0) is 24.6 Å². The minimum atomic E-state index is -0.260. The topological polar surface area (TPSA) is 46.3 Å². The molecule has 0 radical (unpaired) electrons. The minimum Gasteiger partial charge on any atom is -0.374 e. The van der Waals surface area contributed by atoms with Crippen LogP contribution in [0.15, 0.2) is 24.3 Å². The number of rotatable bonds is 4. The fourth-order valence-corrected chi connectivity index (χ4v) is 1.27. The molecule has 1 amide bonds. The highest BCUT2D eigenvalue weighted by Crippen LogP contribution is 2.13. The van der Waals surface area contributed by atoms with E-state index in [1.165, 1.54) is 5.56 Å². The van der Waals surface area contributed by atoms with Crippen molar-refractivity contribution >= 4 is 11.6 Å². The monoisotopic (exact) mass is 192 g/mol. The molecule has 1 aromatic carbocycles. The van der Waals surface area contributed by atoms with Crippen LogP contribution in [0.3, 0.4) is 0 Å². The Hall–Kier alpha value is -1.51. The number of primary amides is 1. The first kappa shape index (κ1) is 10.6. The summed E-state index contributed by atoms with van der Waals surface area (Å²) in [5.74, 6) is -0.260. The van der Waals surface area contributed by atoms with E-state index >= 15 is 0 Å². The Labute approximate surface area is 84.5 Å². The zero-order valence-corrected chi connectivity index (χ0v) is 8.66. The lowest BCUT2D eigenvalue weighted by molar-refractivity contribution is -0.117. The number of nitrogens with two attached hydrogens (primary N) is 1. The fraction of sp³-hybridized carbons (Fsp3) is 0.364. The third-order valence-electron chi connectivity index (χ3n) is 2.14. The van der Waals surface area contributed by atoms with Gasteiger partial charge in [-0.2, -0.15) is 0 Å². The average Bonchev–Trinajstić information content (AvgIpc) is 2.14. The Morgan fingerprint density at radius 3 is 2.79 bits per heavy atom. The van der Waals surface area contributed by atoms with Crippen molar-refractivity contribution in [2.75, 3.05) is 18.5 Å². The number of aryl methyl sites for hydroxylation is 1. The van der Waals surface area contributed by atoms with Gasteiger partial charge in [0.05, 0.1) is 0 Å². The molecule has 2 N–H and O–H groups in total. The number of amides is 1. The van der Waals surface area contributed by atoms with E-state index in [2.05, 4.69) is 6.07 Å². The van der Waals surface area contributed by atoms with Crippen LogP contribution in [0, 0.1) is 6.92 Å². The summed E-state index contributed by atoms with van der Waals surface area (Å²) in [6, 6.07) is 8.16. The molecule has 0 fully saturated rings. The molecule has 0 atom stereocenters. The maximum atomic E-state index is 10.6. The van der Waals surface area contributed by atoms with Crippen molar-refractivity contribution in [3.05, 3.63) is 29.8 Å². The predicted octanol–water partition coefficient (Wildman–Crippen LogP) is 1.31. The van der Waals surface area contributed by atoms with Crippen LogP contribution in [0.25, 0.3) is 0 Å². The quantitative estimate of drug-likeness (QED) is 0.781. The van der Waals surface area contributed by atoms with E-state index in [1.54, 1.807) is 0 Å². The van der Waals surface area contributed by atoms with Crippen molar-refractivity contribution in [2.24, 2.45) is 5.73 Å². The number of carbonyl (C=O) groups excluding carboxylic acids is 1. The molecule has 1 rings (SSSR count). The van der Waals surface area contributed by atoms with Gasteiger partial charge >= 0.3 is 0 Å². The summed E-state index contributed by atoms with van der Waals surface area (Å²) in [7, 11) is 1.96. The van der Waals surface area contributed by atoms with Crippen molar-refractivity contribution in [1.82, 2.24) is 0 Å². The Balaban J connectivity index is 2.60. The van der Waals surface area contributed by atoms with E-state index in [4.69, 9.17) is 5.73 Å². The van der Waals surface area contributed by atoms with E-state index < -0.39 is 0 Å². The van der Waals surface area contributed by atoms with E-state index in [-0.39, 0.29) is 5.91 Å². The third kappa shape index (κ3) is 3.09. The van der Waals surface area contributed by atoms with Crippen molar-refractivity contribution in [1.29, 1.82) is 0 Å². The van der Waals surface area contributed by atoms with Gasteiger partial charge in [0.1, 0.15) is 0 Å². The van der Waals surface area contributed by atoms with Crippen molar-refractivity contribution in [2.45, 2.75) is 13.3 Å². The van der Waals surface area contributed by atoms with Gasteiger partial charge in [0.2, 0.25) is 5.91 Å². The first-order valence-electron chi connectivity index (χ1n) is 4.65. The predicted molar refractivity (Wildman–Crippen MR) is 58.3 cm³/mol. The number of anilines is 1. The molecule has 0 unspecified atom stereocenters. The van der Waals surface area contributed by atoms with Gasteiger partial charge in [-0.25, -0.2) is 0 Å². The first-order chi connectivity index (χ1) is 6.59. The lowest BCUT2D eigenvalue weighted by atomic mass is 10.2. The van der Waals surface area contributed by atoms with Gasteiger partial charge in [0.15, 0.2) is 0 Å². The van der Waals surface area contributed by atoms with Gasteiger partial charge < -0.3 is 10.6 Å². The summed E-state index contributed by atoms with van der Waals surface area (Å²) in [5.41, 5.74) is 7.42. The van der Waals surface area contributed by atoms with Crippen LogP contribution in [0.5, 0.6) is 0 Å². The molecule has 0 aliphatic heterocycles. The van der Waals surface area contributed by atoms with E-state index in [0.29, 0.717) is 13.0 Å². The van der Waals surface area contributed by atoms with E-state index in [0.717, 1.165) is 5.69 Å². The molecule has 3 nitrogen and oxygen atoms in total. The van der Waals surface area contributed by atoms with Gasteiger partial charge in [-0.3, -0.25) is 4.79 Å². The number of carbonyl (C=O) groups is 1. The van der Waals surface area contributed by atoms with Crippen LogP contribution in [0.2, 0.25) is 0 Å². The molecule has 0 saturated carbocycles. The van der Waals surface area contributed by atoms with Crippen LogP contribution >= 0.6 is 0 Å². The van der Waals surface area contributed by atoms with Crippen LogP contribution in [0.1, 0.15) is 12.0 Å². The fourth-order valence-electron chi connectivity index (χ4n) is 1.27. The molecule has 0 bridgehead atoms. The number of nitrogens with zero attached hydrogens (tertiary/aromatic N) is 1. The summed E-state index contributed by atoms with van der Waals surface area (Å²) in [4.78, 5) is 12.6. The molecule has 14 heavy (non-hydrogen) atoms. The number of benzene rings is 1. The molecule has 0 spiro atoms. The molecule has 3 heteroatoms. The highest BCUT2D eigenvalue weighted by atomic mass is 16.1. The second-order valence-corrected chi connectivity index (χ2v) is 3.48. The molecular formula is C11H16N2O. The van der Waals surface area contributed by atoms with Crippen LogP contribution in [-0.2, 0) is 4.79 Å². The smallest absolute Gasteiger partial charge is 0.219 e. The largest absolute Gasteiger partial charge is 0.374 e. The molecule has 76 valence electrons. The highest BCUT2D eigenvalue weighted by molar-refractivity contribution is 5.74. The first-order valence-corrected chi connectivity index (χ1v) is 4.65. The summed E-state index contributed by atoms with van der Waals surface area (Å²) in [6.07, 6.45) is 0.393. The molecule has 0 heterocycles. The highest BCUT2D eigenvalue weighted by Gasteiger charge is 2.02. The van der Waals surface area contributed by atoms with Crippen molar-refractivity contribution in [3.63, 3.8) is 0 Å². The molecular weight excluding hydrogens is 176 g/mol. The van der Waals surface area contributed by atoms with Gasteiger partial charge in [0, 0.05) is 25.7 Å². The van der Waals surface area contributed by atoms with Crippen molar-refractivity contribution < 1.29 is 4.79 Å². The normalized spacial score (nSPS) is 9.86. The summed E-state index contributed by atoms with van der Waals surface area (Å²) in [6.45, 7) is 2.71. The maximum Gasteiger partial charge on any atom is 0.219 e. The Morgan fingerprint density at radius 1 is 1.50 bits per heavy atom. The summed E-state index contributed by atoms with van der Waals surface area (Å²) >= 11 is 0. The van der Waals surface area contributed by atoms with E-state index in [9.17, 15) is 4.79 Å². The molecule has 1 aromatic rings. The summed E-state index contributed by atoms with van der Waals surface area (Å²) in [5, 5.41) is 0. The molecule has 0 aliphatic carbocycles. The number of hydrogen-bond donors (Lipinski definition) is 1. The zero-order chi connectivity index (χ0) is 10.6. The zero-order valence-electron chi connectivity index (χ0n) is 8.66. The third-order valence-corrected chi connectivity index (χ3v) is 2.14. The van der Waals surface area contributed by atoms with Crippen molar-refractivity contribution in [3.8, 4) is 0 Å². The summed E-state index contributed by atoms with van der Waals surface area (Å²) < 4.78 is 0. The number of hydrogen-bond acceptors (Lipinski definition) is 2. The van der Waals surface area contributed by atoms with E-state index in [1.807, 2.05) is 37.1 Å². The second-order valence-electron chi connectivity index (χ2n) is 3.48. The Morgan fingerprint density at radius 2 is 2.21 bits per heavy atom. The lowest BCUT2D eigenvalue weighted by Gasteiger charge is -2.18. The maximum absolute atomic E-state index is 10.6. The molecule has 0 saturated heterocycles. The second kappa shape index (κ2) is 4.65. The Bertz CT molecular complexity index is 323. The van der Waals surface area contributed by atoms with Gasteiger partial charge in [-0.1, -0.05) is 12.1 Å². The van der Waals surface area contributed by atoms with Gasteiger partial charge in [0.25, 0.3) is 0 Å². The lowest BCUT2D eigenvalue weighted by Crippen LogP contribution is -2.24.